The fourth-order valence-corrected chi connectivity index (χ4v) is 5.51. The summed E-state index contributed by atoms with van der Waals surface area (Å²) < 4.78 is 62.1. The molecule has 15 heteroatoms. The molecule has 1 aliphatic heterocycles. The fourth-order valence-electron chi connectivity index (χ4n) is 5.35. The van der Waals surface area contributed by atoms with Gasteiger partial charge >= 0.3 is 6.61 Å². The summed E-state index contributed by atoms with van der Waals surface area (Å²) in [5.74, 6) is -2.73. The van der Waals surface area contributed by atoms with Crippen LogP contribution in [0.5, 0.6) is 5.75 Å². The molecule has 1 saturated heterocycles. The van der Waals surface area contributed by atoms with Crippen LogP contribution in [0.3, 0.4) is 0 Å². The number of ether oxygens (including phenoxy) is 1. The van der Waals surface area contributed by atoms with Gasteiger partial charge < -0.3 is 10.1 Å². The van der Waals surface area contributed by atoms with Crippen LogP contribution in [0, 0.1) is 37.3 Å². The topological polar surface area (TPSA) is 115 Å². The molecule has 1 saturated carbocycles. The molecular weight excluding hydrogens is 606 g/mol. The van der Waals surface area contributed by atoms with Crippen LogP contribution in [0.15, 0.2) is 36.9 Å². The third-order valence-corrected chi connectivity index (χ3v) is 8.16. The lowest BCUT2D eigenvalue weighted by Gasteiger charge is -2.21. The maximum absolute atomic E-state index is 15.4. The Labute approximate surface area is 253 Å². The molecule has 44 heavy (non-hydrogen) atoms. The van der Waals surface area contributed by atoms with Crippen LogP contribution in [-0.2, 0) is 4.79 Å². The van der Waals surface area contributed by atoms with Crippen molar-refractivity contribution in [2.24, 2.45) is 11.8 Å². The van der Waals surface area contributed by atoms with E-state index in [1.54, 1.807) is 13.8 Å². The Hall–Kier alpha value is -4.59. The molecule has 1 aliphatic carbocycles. The molecule has 2 fully saturated rings. The maximum atomic E-state index is 15.4. The highest BCUT2D eigenvalue weighted by Crippen LogP contribution is 2.47. The van der Waals surface area contributed by atoms with Crippen LogP contribution in [-0.4, -0.2) is 49.7 Å². The van der Waals surface area contributed by atoms with E-state index in [-0.39, 0.29) is 51.4 Å². The number of aromatic nitrogens is 5. The zero-order valence-corrected chi connectivity index (χ0v) is 24.2. The quantitative estimate of drug-likeness (QED) is 0.248. The molecule has 2 amide bonds. The van der Waals surface area contributed by atoms with Gasteiger partial charge in [0, 0.05) is 30.4 Å². The van der Waals surface area contributed by atoms with Crippen LogP contribution in [0.25, 0.3) is 11.3 Å². The van der Waals surface area contributed by atoms with Crippen molar-refractivity contribution in [2.75, 3.05) is 16.8 Å². The van der Waals surface area contributed by atoms with Crippen molar-refractivity contribution in [3.63, 3.8) is 0 Å². The van der Waals surface area contributed by atoms with E-state index in [9.17, 15) is 22.8 Å². The third-order valence-electron chi connectivity index (χ3n) is 7.87. The maximum Gasteiger partial charge on any atom is 0.387 e. The van der Waals surface area contributed by atoms with Gasteiger partial charge in [-0.05, 0) is 50.8 Å². The molecule has 0 radical (unpaired) electrons. The van der Waals surface area contributed by atoms with E-state index in [0.717, 1.165) is 24.8 Å². The number of piperidine rings is 1. The average molecular weight is 630 g/mol. The van der Waals surface area contributed by atoms with Gasteiger partial charge in [-0.25, -0.2) is 18.7 Å². The lowest BCUT2D eigenvalue weighted by Crippen LogP contribution is -2.30. The Morgan fingerprint density at radius 3 is 2.61 bits per heavy atom. The Kier molecular flexibility index (Phi) is 7.48. The molecule has 6 rings (SSSR count). The first kappa shape index (κ1) is 29.5. The van der Waals surface area contributed by atoms with Crippen molar-refractivity contribution in [1.29, 1.82) is 0 Å². The Bertz CT molecular complexity index is 1820. The number of nitrogens with one attached hydrogen (secondary N) is 1. The normalized spacial score (nSPS) is 18.0. The van der Waals surface area contributed by atoms with Crippen LogP contribution in [0.2, 0.25) is 5.02 Å². The van der Waals surface area contributed by atoms with E-state index in [0.29, 0.717) is 17.7 Å². The van der Waals surface area contributed by atoms with E-state index >= 15 is 4.39 Å². The first-order valence-electron chi connectivity index (χ1n) is 13.5. The number of fused-ring (bicyclic) bond motifs is 1. The van der Waals surface area contributed by atoms with Gasteiger partial charge in [0.25, 0.3) is 5.91 Å². The Balaban J connectivity index is 1.22. The van der Waals surface area contributed by atoms with Crippen molar-refractivity contribution >= 4 is 34.9 Å². The molecule has 228 valence electrons. The highest BCUT2D eigenvalue weighted by atomic mass is 35.5. The molecule has 4 heterocycles. The lowest BCUT2D eigenvalue weighted by molar-refractivity contribution is -0.118. The predicted octanol–water partition coefficient (Wildman–Crippen LogP) is 5.73. The summed E-state index contributed by atoms with van der Waals surface area (Å²) in [5.41, 5.74) is 0.353. The fraction of sp³-hybridized carbons (Fsp3) is 0.310. The summed E-state index contributed by atoms with van der Waals surface area (Å²) in [6.07, 6.45) is 6.36. The van der Waals surface area contributed by atoms with Gasteiger partial charge in [-0.15, -0.1) is 0 Å². The smallest absolute Gasteiger partial charge is 0.387 e. The van der Waals surface area contributed by atoms with Gasteiger partial charge in [-0.3, -0.25) is 24.2 Å². The second-order valence-corrected chi connectivity index (χ2v) is 11.1. The van der Waals surface area contributed by atoms with Gasteiger partial charge in [0.2, 0.25) is 5.91 Å². The highest BCUT2D eigenvalue weighted by Gasteiger charge is 2.53. The Morgan fingerprint density at radius 1 is 1.14 bits per heavy atom. The number of anilines is 2. The molecule has 4 aromatic rings. The van der Waals surface area contributed by atoms with Crippen molar-refractivity contribution in [1.82, 2.24) is 24.7 Å². The number of pyridine rings is 1. The number of rotatable bonds is 8. The molecule has 3 aromatic heterocycles. The van der Waals surface area contributed by atoms with Crippen LogP contribution >= 0.6 is 11.6 Å². The average Bonchev–Trinajstić information content (AvgIpc) is 3.48. The minimum atomic E-state index is -3.25. The SMILES string of the molecule is Cc1ncc(-c2c(OC(F)F)ccc(Cl)c2F)nc1C(=O)Nc1cnn([C@@H](C)c2cnc(N3C[C@H]4C[C@H]4C3=O)c(F)c2C)c1. The van der Waals surface area contributed by atoms with Crippen LogP contribution in [0.4, 0.5) is 29.1 Å². The number of nitrogens with zero attached hydrogens (tertiary/aromatic N) is 6. The van der Waals surface area contributed by atoms with Crippen LogP contribution < -0.4 is 15.0 Å². The van der Waals surface area contributed by atoms with Gasteiger partial charge in [-0.2, -0.15) is 13.9 Å². The zero-order valence-electron chi connectivity index (χ0n) is 23.5. The van der Waals surface area contributed by atoms with Crippen molar-refractivity contribution in [2.45, 2.75) is 39.8 Å². The van der Waals surface area contributed by atoms with Gasteiger partial charge in [-0.1, -0.05) is 11.6 Å². The van der Waals surface area contributed by atoms with Gasteiger partial charge in [0.05, 0.1) is 46.1 Å². The molecule has 10 nitrogen and oxygen atoms in total. The minimum Gasteiger partial charge on any atom is -0.434 e. The van der Waals surface area contributed by atoms with E-state index in [2.05, 4.69) is 30.1 Å². The number of hydrogen-bond acceptors (Lipinski definition) is 7. The summed E-state index contributed by atoms with van der Waals surface area (Å²) in [5, 5.41) is 6.55. The highest BCUT2D eigenvalue weighted by molar-refractivity contribution is 6.31. The third kappa shape index (κ3) is 5.23. The number of alkyl halides is 2. The summed E-state index contributed by atoms with van der Waals surface area (Å²) in [6.45, 7) is 2.09. The summed E-state index contributed by atoms with van der Waals surface area (Å²) in [6, 6.07) is 1.63. The number of carbonyl (C=O) groups is 2. The van der Waals surface area contributed by atoms with Gasteiger partial charge in [0.1, 0.15) is 11.4 Å². The number of hydrogen-bond donors (Lipinski definition) is 1. The van der Waals surface area contributed by atoms with E-state index in [1.807, 2.05) is 0 Å². The van der Waals surface area contributed by atoms with Gasteiger partial charge in [0.15, 0.2) is 17.5 Å². The molecule has 2 aliphatic rings. The van der Waals surface area contributed by atoms with Crippen molar-refractivity contribution in [3.05, 3.63) is 76.1 Å². The predicted molar refractivity (Wildman–Crippen MR) is 151 cm³/mol. The Morgan fingerprint density at radius 2 is 1.91 bits per heavy atom. The molecule has 0 bridgehead atoms. The summed E-state index contributed by atoms with van der Waals surface area (Å²) >= 11 is 5.86. The minimum absolute atomic E-state index is 0.0216. The molecule has 1 aromatic carbocycles. The number of benzene rings is 1. The van der Waals surface area contributed by atoms with E-state index in [1.165, 1.54) is 35.1 Å². The zero-order chi connectivity index (χ0) is 31.4. The monoisotopic (exact) mass is 629 g/mol. The summed E-state index contributed by atoms with van der Waals surface area (Å²) in [7, 11) is 0. The lowest BCUT2D eigenvalue weighted by atomic mass is 10.0. The molecule has 1 N–H and O–H groups in total. The van der Waals surface area contributed by atoms with Crippen molar-refractivity contribution < 1.29 is 31.9 Å². The standard InChI is InChI=1S/C29H24ClF4N7O3/c1-12-18(8-36-26(23(12)31)40-10-15-6-17(15)28(40)43)14(3)41-11-16(7-37-41)38-27(42)25-13(2)35-9-20(39-25)22-21(44-29(33)34)5-4-19(30)24(22)32/h4-5,7-9,11,14-15,17,29H,6,10H2,1-3H3,(H,38,42)/t14-,15+,17+/m0/s1. The number of amides is 2. The second-order valence-electron chi connectivity index (χ2n) is 10.7. The molecular formula is C29H24ClF4N7O3. The number of carbonyl (C=O) groups excluding carboxylic acids is 2. The molecule has 0 spiro atoms. The molecule has 0 unspecified atom stereocenters. The van der Waals surface area contributed by atoms with E-state index < -0.39 is 41.5 Å². The summed E-state index contributed by atoms with van der Waals surface area (Å²) in [4.78, 5) is 39.6. The first-order valence-corrected chi connectivity index (χ1v) is 13.9. The first-order chi connectivity index (χ1) is 20.9. The van der Waals surface area contributed by atoms with Crippen molar-refractivity contribution in [3.8, 4) is 17.0 Å². The largest absolute Gasteiger partial charge is 0.434 e. The number of halogens is 5. The van der Waals surface area contributed by atoms with Crippen LogP contribution in [0.1, 0.15) is 46.7 Å². The van der Waals surface area contributed by atoms with E-state index in [4.69, 9.17) is 11.6 Å². The number of aryl methyl sites for hydroxylation is 1. The molecule has 3 atom stereocenters. The second kappa shape index (κ2) is 11.2.